The summed E-state index contributed by atoms with van der Waals surface area (Å²) in [6.45, 7) is 5.70. The molecule has 0 spiro atoms. The zero-order valence-corrected chi connectivity index (χ0v) is 13.7. The van der Waals surface area contributed by atoms with Crippen molar-refractivity contribution in [3.63, 3.8) is 0 Å². The second-order valence-electron chi connectivity index (χ2n) is 6.70. The quantitative estimate of drug-likeness (QED) is 0.921. The number of nitrogens with one attached hydrogen (secondary N) is 1. The molecule has 3 atom stereocenters. The molecule has 0 radical (unpaired) electrons. The van der Waals surface area contributed by atoms with Gasteiger partial charge in [0.1, 0.15) is 6.10 Å². The van der Waals surface area contributed by atoms with E-state index in [1.54, 1.807) is 0 Å². The zero-order chi connectivity index (χ0) is 16.4. The van der Waals surface area contributed by atoms with Gasteiger partial charge in [0.2, 0.25) is 5.91 Å². The molecule has 0 bridgehead atoms. The number of hydrogen-bond donors (Lipinski definition) is 1. The summed E-state index contributed by atoms with van der Waals surface area (Å²) >= 11 is 0. The molecule has 1 aromatic carbocycles. The summed E-state index contributed by atoms with van der Waals surface area (Å²) in [5, 5.41) is 11.9. The Morgan fingerprint density at radius 1 is 1.52 bits per heavy atom. The molecule has 1 amide bonds. The lowest BCUT2D eigenvalue weighted by molar-refractivity contribution is -0.132. The van der Waals surface area contributed by atoms with Gasteiger partial charge in [0.15, 0.2) is 0 Å². The molecule has 5 nitrogen and oxygen atoms in total. The molecule has 1 N–H and O–H groups in total. The number of carbonyl (C=O) groups is 1. The van der Waals surface area contributed by atoms with E-state index >= 15 is 0 Å². The molecule has 1 aromatic rings. The van der Waals surface area contributed by atoms with E-state index in [0.29, 0.717) is 11.6 Å². The van der Waals surface area contributed by atoms with E-state index in [0.717, 1.165) is 31.5 Å². The number of nitrogens with zero attached hydrogens (tertiary/aromatic N) is 2. The van der Waals surface area contributed by atoms with Gasteiger partial charge in [-0.15, -0.1) is 0 Å². The third-order valence-electron chi connectivity index (χ3n) is 4.56. The molecule has 2 saturated heterocycles. The molecule has 122 valence electrons. The van der Waals surface area contributed by atoms with Crippen LogP contribution in [0.25, 0.3) is 0 Å². The summed E-state index contributed by atoms with van der Waals surface area (Å²) in [4.78, 5) is 14.5. The zero-order valence-electron chi connectivity index (χ0n) is 13.7. The predicted molar refractivity (Wildman–Crippen MR) is 86.5 cm³/mol. The Balaban J connectivity index is 1.63. The Hall–Kier alpha value is -1.90. The van der Waals surface area contributed by atoms with E-state index in [4.69, 9.17) is 10.00 Å². The maximum Gasteiger partial charge on any atom is 0.249 e. The SMILES string of the molecule is CC(C)NC(=O)[C@H]1C[C@H]2[C@H](CCN2Cc2cccc(C#N)c2)O1. The predicted octanol–water partition coefficient (Wildman–Crippen LogP) is 1.81. The van der Waals surface area contributed by atoms with E-state index in [2.05, 4.69) is 16.3 Å². The number of nitriles is 1. The van der Waals surface area contributed by atoms with Crippen LogP contribution in [0.5, 0.6) is 0 Å². The molecular weight excluding hydrogens is 290 g/mol. The van der Waals surface area contributed by atoms with E-state index < -0.39 is 0 Å². The lowest BCUT2D eigenvalue weighted by Gasteiger charge is -2.23. The number of amides is 1. The Morgan fingerprint density at radius 3 is 3.09 bits per heavy atom. The minimum absolute atomic E-state index is 0.000767. The van der Waals surface area contributed by atoms with Crippen LogP contribution in [0.3, 0.4) is 0 Å². The first-order valence-electron chi connectivity index (χ1n) is 8.25. The highest BCUT2D eigenvalue weighted by Gasteiger charge is 2.45. The molecule has 2 aliphatic rings. The summed E-state index contributed by atoms with van der Waals surface area (Å²) in [7, 11) is 0. The minimum atomic E-state index is -0.333. The maximum atomic E-state index is 12.1. The van der Waals surface area contributed by atoms with E-state index in [-0.39, 0.29) is 24.2 Å². The lowest BCUT2D eigenvalue weighted by atomic mass is 10.1. The first kappa shape index (κ1) is 16.0. The second kappa shape index (κ2) is 6.69. The van der Waals surface area contributed by atoms with Crippen LogP contribution in [0.15, 0.2) is 24.3 Å². The number of carbonyl (C=O) groups excluding carboxylic acids is 1. The molecule has 5 heteroatoms. The van der Waals surface area contributed by atoms with Crippen molar-refractivity contribution in [3.05, 3.63) is 35.4 Å². The van der Waals surface area contributed by atoms with Crippen LogP contribution >= 0.6 is 0 Å². The summed E-state index contributed by atoms with van der Waals surface area (Å²) in [6.07, 6.45) is 1.53. The highest BCUT2D eigenvalue weighted by atomic mass is 16.5. The number of benzene rings is 1. The van der Waals surface area contributed by atoms with Crippen molar-refractivity contribution in [2.45, 2.75) is 57.5 Å². The Labute approximate surface area is 137 Å². The monoisotopic (exact) mass is 313 g/mol. The number of rotatable bonds is 4. The van der Waals surface area contributed by atoms with Crippen LogP contribution in [-0.4, -0.2) is 41.6 Å². The number of hydrogen-bond acceptors (Lipinski definition) is 4. The maximum absolute atomic E-state index is 12.1. The van der Waals surface area contributed by atoms with Crippen LogP contribution in [0, 0.1) is 11.3 Å². The van der Waals surface area contributed by atoms with Crippen molar-refractivity contribution in [1.82, 2.24) is 10.2 Å². The fourth-order valence-electron chi connectivity index (χ4n) is 3.55. The van der Waals surface area contributed by atoms with Gasteiger partial charge in [0.25, 0.3) is 0 Å². The molecule has 0 saturated carbocycles. The van der Waals surface area contributed by atoms with Crippen molar-refractivity contribution in [2.75, 3.05) is 6.54 Å². The van der Waals surface area contributed by atoms with Crippen LogP contribution in [0.4, 0.5) is 0 Å². The largest absolute Gasteiger partial charge is 0.363 e. The molecule has 2 heterocycles. The van der Waals surface area contributed by atoms with Gasteiger partial charge in [-0.05, 0) is 38.0 Å². The van der Waals surface area contributed by atoms with Gasteiger partial charge in [-0.2, -0.15) is 5.26 Å². The van der Waals surface area contributed by atoms with Gasteiger partial charge in [0.05, 0.1) is 17.7 Å². The second-order valence-corrected chi connectivity index (χ2v) is 6.70. The third-order valence-corrected chi connectivity index (χ3v) is 4.56. The Bertz CT molecular complexity index is 623. The van der Waals surface area contributed by atoms with Crippen molar-refractivity contribution >= 4 is 5.91 Å². The number of fused-ring (bicyclic) bond motifs is 1. The first-order valence-corrected chi connectivity index (χ1v) is 8.25. The average Bonchev–Trinajstić information content (AvgIpc) is 3.09. The Morgan fingerprint density at radius 2 is 2.35 bits per heavy atom. The first-order chi connectivity index (χ1) is 11.1. The minimum Gasteiger partial charge on any atom is -0.363 e. The number of likely N-dealkylation sites (tertiary alicyclic amines) is 1. The van der Waals surface area contributed by atoms with Crippen LogP contribution < -0.4 is 5.32 Å². The molecule has 3 rings (SSSR count). The Kier molecular flexibility index (Phi) is 4.65. The summed E-state index contributed by atoms with van der Waals surface area (Å²) in [5.74, 6) is 0.000767. The third kappa shape index (κ3) is 3.54. The van der Waals surface area contributed by atoms with Gasteiger partial charge in [-0.25, -0.2) is 0 Å². The average molecular weight is 313 g/mol. The normalized spacial score (nSPS) is 27.0. The van der Waals surface area contributed by atoms with E-state index in [1.807, 2.05) is 38.1 Å². The van der Waals surface area contributed by atoms with Gasteiger partial charge in [-0.1, -0.05) is 12.1 Å². The molecule has 23 heavy (non-hydrogen) atoms. The van der Waals surface area contributed by atoms with Crippen LogP contribution in [0.2, 0.25) is 0 Å². The smallest absolute Gasteiger partial charge is 0.249 e. The van der Waals surface area contributed by atoms with E-state index in [9.17, 15) is 4.79 Å². The summed E-state index contributed by atoms with van der Waals surface area (Å²) < 4.78 is 5.95. The molecule has 2 fully saturated rings. The van der Waals surface area contributed by atoms with Crippen LogP contribution in [0.1, 0.15) is 37.8 Å². The highest BCUT2D eigenvalue weighted by molar-refractivity contribution is 5.81. The topological polar surface area (TPSA) is 65.4 Å². The molecule has 0 unspecified atom stereocenters. The molecule has 0 aliphatic carbocycles. The van der Waals surface area contributed by atoms with Crippen molar-refractivity contribution in [2.24, 2.45) is 0 Å². The van der Waals surface area contributed by atoms with Gasteiger partial charge in [-0.3, -0.25) is 9.69 Å². The highest BCUT2D eigenvalue weighted by Crippen LogP contribution is 2.34. The standard InChI is InChI=1S/C18H23N3O2/c1-12(2)20-18(22)17-9-15-16(23-17)6-7-21(15)11-14-5-3-4-13(8-14)10-19/h3-5,8,12,15-17H,6-7,9,11H2,1-2H3,(H,20,22)/t15-,16-,17+/m0/s1. The molecular formula is C18H23N3O2. The van der Waals surface area contributed by atoms with Gasteiger partial charge >= 0.3 is 0 Å². The van der Waals surface area contributed by atoms with Crippen molar-refractivity contribution in [3.8, 4) is 6.07 Å². The number of ether oxygens (including phenoxy) is 1. The van der Waals surface area contributed by atoms with Gasteiger partial charge in [0, 0.05) is 31.6 Å². The molecule has 0 aromatic heterocycles. The molecule has 2 aliphatic heterocycles. The lowest BCUT2D eigenvalue weighted by Crippen LogP contribution is -2.39. The van der Waals surface area contributed by atoms with Crippen molar-refractivity contribution < 1.29 is 9.53 Å². The summed E-state index contributed by atoms with van der Waals surface area (Å²) in [6, 6.07) is 10.3. The van der Waals surface area contributed by atoms with E-state index in [1.165, 1.54) is 0 Å². The van der Waals surface area contributed by atoms with Crippen molar-refractivity contribution in [1.29, 1.82) is 5.26 Å². The fraction of sp³-hybridized carbons (Fsp3) is 0.556. The van der Waals surface area contributed by atoms with Crippen LogP contribution in [-0.2, 0) is 16.1 Å². The van der Waals surface area contributed by atoms with Gasteiger partial charge < -0.3 is 10.1 Å². The fourth-order valence-corrected chi connectivity index (χ4v) is 3.55. The summed E-state index contributed by atoms with van der Waals surface area (Å²) in [5.41, 5.74) is 1.83.